The fourth-order valence-electron chi connectivity index (χ4n) is 2.40. The fourth-order valence-corrected chi connectivity index (χ4v) is 3.49. The van der Waals surface area contributed by atoms with Crippen LogP contribution in [0.5, 0.6) is 0 Å². The molecular weight excluding hydrogens is 274 g/mol. The summed E-state index contributed by atoms with van der Waals surface area (Å²) in [5, 5.41) is 0. The van der Waals surface area contributed by atoms with E-state index in [1.807, 2.05) is 6.07 Å². The molecule has 5 nitrogen and oxygen atoms in total. The van der Waals surface area contributed by atoms with Gasteiger partial charge in [0.15, 0.2) is 0 Å². The Morgan fingerprint density at radius 3 is 2.65 bits per heavy atom. The molecule has 0 spiro atoms. The number of nitrogens with zero attached hydrogens (tertiary/aromatic N) is 1. The van der Waals surface area contributed by atoms with Crippen LogP contribution in [0.4, 0.5) is 11.5 Å². The summed E-state index contributed by atoms with van der Waals surface area (Å²) >= 11 is 0. The van der Waals surface area contributed by atoms with Gasteiger partial charge in [0.25, 0.3) is 10.0 Å². The van der Waals surface area contributed by atoms with E-state index in [0.29, 0.717) is 11.5 Å². The number of nitrogens with two attached hydrogens (primary N) is 1. The third-order valence-corrected chi connectivity index (χ3v) is 4.80. The van der Waals surface area contributed by atoms with Gasteiger partial charge < -0.3 is 5.73 Å². The lowest BCUT2D eigenvalue weighted by molar-refractivity contribution is 0.601. The maximum absolute atomic E-state index is 12.3. The molecule has 3 N–H and O–H groups in total. The molecule has 1 heterocycles. The van der Waals surface area contributed by atoms with E-state index in [2.05, 4.69) is 9.71 Å². The summed E-state index contributed by atoms with van der Waals surface area (Å²) < 4.78 is 27.1. The predicted octanol–water partition coefficient (Wildman–Crippen LogP) is 1.95. The van der Waals surface area contributed by atoms with E-state index in [9.17, 15) is 8.42 Å². The summed E-state index contributed by atoms with van der Waals surface area (Å²) in [5.41, 5.74) is 8.25. The first-order valence-electron chi connectivity index (χ1n) is 6.41. The molecule has 3 rings (SSSR count). The minimum atomic E-state index is -3.58. The molecule has 1 aliphatic rings. The SMILES string of the molecule is Nc1ccc(NS(=O)(=O)c2ccc3c(c2)CCC3)cn1. The molecule has 0 amide bonds. The molecule has 0 saturated heterocycles. The Kier molecular flexibility index (Phi) is 3.10. The van der Waals surface area contributed by atoms with Gasteiger partial charge in [-0.25, -0.2) is 13.4 Å². The lowest BCUT2D eigenvalue weighted by Gasteiger charge is -2.09. The lowest BCUT2D eigenvalue weighted by atomic mass is 10.1. The van der Waals surface area contributed by atoms with Crippen LogP contribution in [0.15, 0.2) is 41.4 Å². The molecule has 1 aromatic carbocycles. The van der Waals surface area contributed by atoms with Crippen LogP contribution >= 0.6 is 0 Å². The van der Waals surface area contributed by atoms with Crippen LogP contribution in [-0.2, 0) is 22.9 Å². The Morgan fingerprint density at radius 2 is 1.90 bits per heavy atom. The Balaban J connectivity index is 1.90. The summed E-state index contributed by atoms with van der Waals surface area (Å²) in [6.45, 7) is 0. The number of anilines is 2. The summed E-state index contributed by atoms with van der Waals surface area (Å²) in [4.78, 5) is 4.15. The number of fused-ring (bicyclic) bond motifs is 1. The number of hydrogen-bond donors (Lipinski definition) is 2. The van der Waals surface area contributed by atoms with Gasteiger partial charge in [0.2, 0.25) is 0 Å². The molecule has 2 aromatic rings. The van der Waals surface area contributed by atoms with Crippen LogP contribution < -0.4 is 10.5 Å². The third-order valence-electron chi connectivity index (χ3n) is 3.42. The van der Waals surface area contributed by atoms with Gasteiger partial charge in [-0.2, -0.15) is 0 Å². The van der Waals surface area contributed by atoms with Crippen LogP contribution in [0.1, 0.15) is 17.5 Å². The van der Waals surface area contributed by atoms with Gasteiger partial charge in [-0.1, -0.05) is 6.07 Å². The number of hydrogen-bond acceptors (Lipinski definition) is 4. The van der Waals surface area contributed by atoms with Gasteiger partial charge in [0.05, 0.1) is 16.8 Å². The van der Waals surface area contributed by atoms with E-state index in [4.69, 9.17) is 5.73 Å². The quantitative estimate of drug-likeness (QED) is 0.904. The van der Waals surface area contributed by atoms with Crippen LogP contribution in [0.25, 0.3) is 0 Å². The molecular formula is C14H15N3O2S. The van der Waals surface area contributed by atoms with E-state index < -0.39 is 10.0 Å². The van der Waals surface area contributed by atoms with Gasteiger partial charge in [-0.3, -0.25) is 4.72 Å². The molecule has 6 heteroatoms. The lowest BCUT2D eigenvalue weighted by Crippen LogP contribution is -2.13. The van der Waals surface area contributed by atoms with Crippen molar-refractivity contribution in [3.8, 4) is 0 Å². The Morgan fingerprint density at radius 1 is 1.10 bits per heavy atom. The topological polar surface area (TPSA) is 85.1 Å². The molecule has 0 atom stereocenters. The Bertz CT molecular complexity index is 740. The number of sulfonamides is 1. The molecule has 0 radical (unpaired) electrons. The summed E-state index contributed by atoms with van der Waals surface area (Å²) in [6, 6.07) is 8.46. The second kappa shape index (κ2) is 4.79. The van der Waals surface area contributed by atoms with Crippen molar-refractivity contribution in [3.05, 3.63) is 47.7 Å². The molecule has 0 saturated carbocycles. The second-order valence-corrected chi connectivity index (χ2v) is 6.54. The molecule has 1 aromatic heterocycles. The van der Waals surface area contributed by atoms with Gasteiger partial charge in [-0.05, 0) is 54.7 Å². The highest BCUT2D eigenvalue weighted by atomic mass is 32.2. The van der Waals surface area contributed by atoms with Crippen molar-refractivity contribution in [3.63, 3.8) is 0 Å². The molecule has 20 heavy (non-hydrogen) atoms. The van der Waals surface area contributed by atoms with Gasteiger partial charge >= 0.3 is 0 Å². The molecule has 0 unspecified atom stereocenters. The predicted molar refractivity (Wildman–Crippen MR) is 77.9 cm³/mol. The van der Waals surface area contributed by atoms with Crippen LogP contribution in [0.2, 0.25) is 0 Å². The minimum absolute atomic E-state index is 0.287. The Hall–Kier alpha value is -2.08. The standard InChI is InChI=1S/C14H15N3O2S/c15-14-7-5-12(9-16-14)17-20(18,19)13-6-4-10-2-1-3-11(10)8-13/h4-9,17H,1-3H2,(H2,15,16). The number of benzene rings is 1. The van der Waals surface area contributed by atoms with E-state index in [1.54, 1.807) is 24.3 Å². The van der Waals surface area contributed by atoms with Crippen molar-refractivity contribution in [2.75, 3.05) is 10.5 Å². The first-order chi connectivity index (χ1) is 9.54. The number of nitrogens with one attached hydrogen (secondary N) is 1. The number of aryl methyl sites for hydroxylation is 2. The molecule has 0 aliphatic heterocycles. The van der Waals surface area contributed by atoms with E-state index in [1.165, 1.54) is 11.8 Å². The largest absolute Gasteiger partial charge is 0.384 e. The highest BCUT2D eigenvalue weighted by Gasteiger charge is 2.18. The van der Waals surface area contributed by atoms with E-state index in [0.717, 1.165) is 24.8 Å². The van der Waals surface area contributed by atoms with Crippen LogP contribution in [0.3, 0.4) is 0 Å². The monoisotopic (exact) mass is 289 g/mol. The zero-order chi connectivity index (χ0) is 14.2. The maximum Gasteiger partial charge on any atom is 0.261 e. The number of rotatable bonds is 3. The van der Waals surface area contributed by atoms with E-state index in [-0.39, 0.29) is 4.90 Å². The Labute approximate surface area is 117 Å². The number of pyridine rings is 1. The van der Waals surface area contributed by atoms with Gasteiger partial charge in [-0.15, -0.1) is 0 Å². The average Bonchev–Trinajstić information content (AvgIpc) is 2.88. The van der Waals surface area contributed by atoms with Crippen LogP contribution in [-0.4, -0.2) is 13.4 Å². The number of aromatic nitrogens is 1. The highest BCUT2D eigenvalue weighted by Crippen LogP contribution is 2.25. The van der Waals surface area contributed by atoms with Crippen molar-refractivity contribution in [2.24, 2.45) is 0 Å². The zero-order valence-corrected chi connectivity index (χ0v) is 11.7. The molecule has 0 fully saturated rings. The fraction of sp³-hybridized carbons (Fsp3) is 0.214. The first kappa shape index (κ1) is 12.9. The van der Waals surface area contributed by atoms with Crippen LogP contribution in [0, 0.1) is 0 Å². The average molecular weight is 289 g/mol. The van der Waals surface area contributed by atoms with Crippen molar-refractivity contribution >= 4 is 21.5 Å². The zero-order valence-electron chi connectivity index (χ0n) is 10.8. The van der Waals surface area contributed by atoms with Crippen molar-refractivity contribution in [1.82, 2.24) is 4.98 Å². The molecule has 104 valence electrons. The van der Waals surface area contributed by atoms with Gasteiger partial charge in [0, 0.05) is 0 Å². The van der Waals surface area contributed by atoms with E-state index >= 15 is 0 Å². The van der Waals surface area contributed by atoms with Gasteiger partial charge in [0.1, 0.15) is 5.82 Å². The third kappa shape index (κ3) is 2.46. The minimum Gasteiger partial charge on any atom is -0.384 e. The highest BCUT2D eigenvalue weighted by molar-refractivity contribution is 7.92. The van der Waals surface area contributed by atoms with Crippen molar-refractivity contribution < 1.29 is 8.42 Å². The smallest absolute Gasteiger partial charge is 0.261 e. The first-order valence-corrected chi connectivity index (χ1v) is 7.89. The van der Waals surface area contributed by atoms with Crippen molar-refractivity contribution in [1.29, 1.82) is 0 Å². The van der Waals surface area contributed by atoms with Crippen molar-refractivity contribution in [2.45, 2.75) is 24.2 Å². The molecule has 1 aliphatic carbocycles. The maximum atomic E-state index is 12.3. The second-order valence-electron chi connectivity index (χ2n) is 4.86. The summed E-state index contributed by atoms with van der Waals surface area (Å²) in [5.74, 6) is 0.352. The summed E-state index contributed by atoms with van der Waals surface area (Å²) in [7, 11) is -3.58. The normalized spacial score (nSPS) is 14.0. The summed E-state index contributed by atoms with van der Waals surface area (Å²) in [6.07, 6.45) is 4.47. The molecule has 0 bridgehead atoms. The number of nitrogen functional groups attached to an aromatic ring is 1.